The van der Waals surface area contributed by atoms with Gasteiger partial charge in [-0.05, 0) is 12.5 Å². The fourth-order valence-electron chi connectivity index (χ4n) is 1.80. The van der Waals surface area contributed by atoms with Gasteiger partial charge >= 0.3 is 7.12 Å². The van der Waals surface area contributed by atoms with Gasteiger partial charge in [0.2, 0.25) is 12.5 Å². The number of hydrogen-bond donors (Lipinski definition) is 0. The first kappa shape index (κ1) is 9.93. The minimum absolute atomic E-state index is 0.0576. The van der Waals surface area contributed by atoms with Crippen LogP contribution in [0.5, 0.6) is 11.5 Å². The van der Waals surface area contributed by atoms with Gasteiger partial charge in [-0.3, -0.25) is 0 Å². The van der Waals surface area contributed by atoms with Crippen LogP contribution in [0.15, 0.2) is 12.1 Å². The van der Waals surface area contributed by atoms with E-state index in [-0.39, 0.29) is 12.5 Å². The second-order valence-corrected chi connectivity index (χ2v) is 3.63. The molecular formula is C10H10BFO4. The van der Waals surface area contributed by atoms with Gasteiger partial charge in [-0.2, -0.15) is 0 Å². The molecule has 84 valence electrons. The lowest BCUT2D eigenvalue weighted by molar-refractivity contribution is 0.142. The van der Waals surface area contributed by atoms with E-state index in [1.165, 1.54) is 0 Å². The number of rotatable bonds is 1. The summed E-state index contributed by atoms with van der Waals surface area (Å²) in [7, 11) is -0.636. The van der Waals surface area contributed by atoms with E-state index in [1.54, 1.807) is 12.1 Å². The van der Waals surface area contributed by atoms with E-state index in [0.717, 1.165) is 6.42 Å². The molecule has 16 heavy (non-hydrogen) atoms. The van der Waals surface area contributed by atoms with Crippen LogP contribution in [-0.2, 0) is 9.31 Å². The van der Waals surface area contributed by atoms with Crippen molar-refractivity contribution < 1.29 is 23.2 Å². The third kappa shape index (κ3) is 1.54. The van der Waals surface area contributed by atoms with Crippen LogP contribution in [0.4, 0.5) is 4.39 Å². The van der Waals surface area contributed by atoms with Crippen molar-refractivity contribution in [2.24, 2.45) is 0 Å². The highest BCUT2D eigenvalue weighted by molar-refractivity contribution is 6.61. The monoisotopic (exact) mass is 224 g/mol. The van der Waals surface area contributed by atoms with Crippen molar-refractivity contribution in [3.05, 3.63) is 17.9 Å². The van der Waals surface area contributed by atoms with Gasteiger partial charge in [0.15, 0.2) is 11.6 Å². The lowest BCUT2D eigenvalue weighted by Gasteiger charge is -2.20. The minimum Gasteiger partial charge on any atom is -0.453 e. The van der Waals surface area contributed by atoms with Crippen molar-refractivity contribution in [3.8, 4) is 11.5 Å². The third-order valence-electron chi connectivity index (χ3n) is 2.59. The summed E-state index contributed by atoms with van der Waals surface area (Å²) in [6.45, 7) is 1.22. The Hall–Kier alpha value is -1.27. The summed E-state index contributed by atoms with van der Waals surface area (Å²) in [5, 5.41) is 0. The Morgan fingerprint density at radius 3 is 2.75 bits per heavy atom. The molecule has 1 fully saturated rings. The Labute approximate surface area is 92.4 Å². The summed E-state index contributed by atoms with van der Waals surface area (Å²) >= 11 is 0. The number of ether oxygens (including phenoxy) is 2. The highest BCUT2D eigenvalue weighted by Crippen LogP contribution is 2.33. The highest BCUT2D eigenvalue weighted by Gasteiger charge is 2.31. The zero-order valence-electron chi connectivity index (χ0n) is 8.57. The van der Waals surface area contributed by atoms with Crippen LogP contribution in [0.2, 0.25) is 0 Å². The summed E-state index contributed by atoms with van der Waals surface area (Å²) in [5.41, 5.74) is 0.365. The molecule has 0 aliphatic carbocycles. The van der Waals surface area contributed by atoms with Crippen molar-refractivity contribution in [3.63, 3.8) is 0 Å². The van der Waals surface area contributed by atoms with Crippen LogP contribution in [0.25, 0.3) is 0 Å². The molecule has 0 atom stereocenters. The minimum atomic E-state index is -0.636. The van der Waals surface area contributed by atoms with E-state index in [2.05, 4.69) is 0 Å². The zero-order valence-corrected chi connectivity index (χ0v) is 8.57. The molecule has 2 heterocycles. The quantitative estimate of drug-likeness (QED) is 0.657. The van der Waals surface area contributed by atoms with Crippen molar-refractivity contribution in [2.75, 3.05) is 20.0 Å². The fourth-order valence-corrected chi connectivity index (χ4v) is 1.80. The van der Waals surface area contributed by atoms with Gasteiger partial charge < -0.3 is 18.8 Å². The van der Waals surface area contributed by atoms with E-state index in [1.807, 2.05) is 0 Å². The van der Waals surface area contributed by atoms with Crippen molar-refractivity contribution in [1.29, 1.82) is 0 Å². The molecule has 0 saturated carbocycles. The fraction of sp³-hybridized carbons (Fsp3) is 0.400. The van der Waals surface area contributed by atoms with E-state index >= 15 is 0 Å². The van der Waals surface area contributed by atoms with Gasteiger partial charge in [0.1, 0.15) is 0 Å². The maximum absolute atomic E-state index is 14.0. The van der Waals surface area contributed by atoms with Gasteiger partial charge in [0.25, 0.3) is 0 Å². The molecule has 2 aliphatic rings. The van der Waals surface area contributed by atoms with Crippen LogP contribution >= 0.6 is 0 Å². The molecule has 0 aromatic heterocycles. The smallest absolute Gasteiger partial charge is 0.453 e. The zero-order chi connectivity index (χ0) is 11.0. The standard InChI is InChI=1S/C10H10BFO4/c12-9-7(11-15-4-1-5-16-11)2-3-8-10(9)14-6-13-8/h2-3H,1,4-6H2. The number of benzene rings is 1. The molecule has 3 rings (SSSR count). The van der Waals surface area contributed by atoms with E-state index in [9.17, 15) is 4.39 Å². The lowest BCUT2D eigenvalue weighted by Crippen LogP contribution is -2.42. The number of halogens is 1. The van der Waals surface area contributed by atoms with Crippen LogP contribution in [0.1, 0.15) is 6.42 Å². The first-order chi connectivity index (χ1) is 7.86. The molecule has 1 saturated heterocycles. The molecule has 4 nitrogen and oxygen atoms in total. The van der Waals surface area contributed by atoms with E-state index in [4.69, 9.17) is 18.8 Å². The molecule has 0 amide bonds. The first-order valence-electron chi connectivity index (χ1n) is 5.17. The second-order valence-electron chi connectivity index (χ2n) is 3.63. The molecule has 2 aliphatic heterocycles. The van der Waals surface area contributed by atoms with Crippen LogP contribution in [0.3, 0.4) is 0 Å². The summed E-state index contributed by atoms with van der Waals surface area (Å²) in [6.07, 6.45) is 0.836. The van der Waals surface area contributed by atoms with Gasteiger partial charge in [-0.25, -0.2) is 4.39 Å². The first-order valence-corrected chi connectivity index (χ1v) is 5.17. The average Bonchev–Trinajstić information content (AvgIpc) is 2.80. The van der Waals surface area contributed by atoms with Crippen molar-refractivity contribution in [1.82, 2.24) is 0 Å². The molecule has 6 heteroatoms. The maximum atomic E-state index is 14.0. The van der Waals surface area contributed by atoms with Crippen LogP contribution < -0.4 is 14.9 Å². The summed E-state index contributed by atoms with van der Waals surface area (Å²) in [5.74, 6) is 0.120. The highest BCUT2D eigenvalue weighted by atomic mass is 19.1. The molecular weight excluding hydrogens is 214 g/mol. The topological polar surface area (TPSA) is 36.9 Å². The van der Waals surface area contributed by atoms with Gasteiger partial charge in [0.05, 0.1) is 0 Å². The Kier molecular flexibility index (Phi) is 2.45. The maximum Gasteiger partial charge on any atom is 0.497 e. The number of hydrogen-bond acceptors (Lipinski definition) is 4. The average molecular weight is 224 g/mol. The second kappa shape index (κ2) is 3.95. The third-order valence-corrected chi connectivity index (χ3v) is 2.59. The molecule has 0 bridgehead atoms. The summed E-state index contributed by atoms with van der Waals surface area (Å²) < 4.78 is 34.8. The normalized spacial score (nSPS) is 18.9. The Morgan fingerprint density at radius 2 is 1.94 bits per heavy atom. The van der Waals surface area contributed by atoms with Crippen molar-refractivity contribution >= 4 is 12.6 Å². The lowest BCUT2D eigenvalue weighted by atomic mass is 9.77. The SMILES string of the molecule is Fc1c(B2OCCCO2)ccc2c1OCO2. The van der Waals surface area contributed by atoms with E-state index in [0.29, 0.717) is 24.4 Å². The molecule has 1 aromatic rings. The Morgan fingerprint density at radius 1 is 1.12 bits per heavy atom. The largest absolute Gasteiger partial charge is 0.497 e. The predicted octanol–water partition coefficient (Wildman–Crippen LogP) is 0.686. The summed E-state index contributed by atoms with van der Waals surface area (Å²) in [4.78, 5) is 0. The van der Waals surface area contributed by atoms with Crippen molar-refractivity contribution in [2.45, 2.75) is 6.42 Å². The Balaban J connectivity index is 1.95. The predicted molar refractivity (Wildman–Crippen MR) is 54.4 cm³/mol. The Bertz CT molecular complexity index is 406. The molecule has 0 N–H and O–H groups in total. The molecule has 0 unspecified atom stereocenters. The molecule has 1 aromatic carbocycles. The van der Waals surface area contributed by atoms with Gasteiger partial charge in [0, 0.05) is 18.7 Å². The van der Waals surface area contributed by atoms with Crippen LogP contribution in [-0.4, -0.2) is 27.1 Å². The van der Waals surface area contributed by atoms with Gasteiger partial charge in [-0.1, -0.05) is 6.07 Å². The van der Waals surface area contributed by atoms with E-state index < -0.39 is 12.9 Å². The van der Waals surface area contributed by atoms with Crippen LogP contribution in [0, 0.1) is 5.82 Å². The number of fused-ring (bicyclic) bond motifs is 1. The molecule has 0 radical (unpaired) electrons. The summed E-state index contributed by atoms with van der Waals surface area (Å²) in [6, 6.07) is 3.28. The van der Waals surface area contributed by atoms with Gasteiger partial charge in [-0.15, -0.1) is 0 Å². The molecule has 0 spiro atoms.